The lowest BCUT2D eigenvalue weighted by atomic mass is 10.4. The highest BCUT2D eigenvalue weighted by Crippen LogP contribution is 2.21. The summed E-state index contributed by atoms with van der Waals surface area (Å²) >= 11 is 1.67. The number of aromatic nitrogens is 1. The molecule has 0 bridgehead atoms. The second kappa shape index (κ2) is 4.54. The van der Waals surface area contributed by atoms with Crippen molar-refractivity contribution in [3.05, 3.63) is 16.1 Å². The zero-order valence-corrected chi connectivity index (χ0v) is 8.23. The van der Waals surface area contributed by atoms with Gasteiger partial charge >= 0.3 is 0 Å². The Hall–Kier alpha value is -0.450. The van der Waals surface area contributed by atoms with Crippen molar-refractivity contribution >= 4 is 11.3 Å². The van der Waals surface area contributed by atoms with Crippen LogP contribution in [0.1, 0.15) is 22.9 Å². The van der Waals surface area contributed by atoms with Gasteiger partial charge in [0.05, 0.1) is 0 Å². The number of aryl methyl sites for hydroxylation is 1. The van der Waals surface area contributed by atoms with Crippen molar-refractivity contribution in [2.75, 3.05) is 13.7 Å². The van der Waals surface area contributed by atoms with Gasteiger partial charge in [0, 0.05) is 24.7 Å². The summed E-state index contributed by atoms with van der Waals surface area (Å²) in [7, 11) is 1.66. The van der Waals surface area contributed by atoms with E-state index in [4.69, 9.17) is 10.5 Å². The van der Waals surface area contributed by atoms with E-state index in [1.807, 2.05) is 6.20 Å². The first-order valence-electron chi connectivity index (χ1n) is 3.99. The quantitative estimate of drug-likeness (QED) is 0.772. The number of thiazole rings is 1. The van der Waals surface area contributed by atoms with E-state index in [0.717, 1.165) is 11.4 Å². The molecule has 3 nitrogen and oxygen atoms in total. The van der Waals surface area contributed by atoms with Crippen molar-refractivity contribution in [1.82, 2.24) is 4.98 Å². The molecule has 0 fully saturated rings. The predicted octanol–water partition coefficient (Wildman–Crippen LogP) is 1.35. The average Bonchev–Trinajstić information content (AvgIpc) is 2.55. The van der Waals surface area contributed by atoms with Gasteiger partial charge in [0.15, 0.2) is 0 Å². The van der Waals surface area contributed by atoms with Gasteiger partial charge in [-0.2, -0.15) is 0 Å². The normalized spacial score (nSPS) is 13.2. The van der Waals surface area contributed by atoms with Crippen molar-refractivity contribution in [2.24, 2.45) is 5.73 Å². The van der Waals surface area contributed by atoms with Crippen LogP contribution in [0.3, 0.4) is 0 Å². The minimum Gasteiger partial charge on any atom is -0.373 e. The highest BCUT2D eigenvalue weighted by atomic mass is 32.1. The lowest BCUT2D eigenvalue weighted by Gasteiger charge is -2.07. The predicted molar refractivity (Wildman–Crippen MR) is 50.3 cm³/mol. The number of nitrogens with zero attached hydrogens (tertiary/aromatic N) is 1. The Morgan fingerprint density at radius 1 is 1.75 bits per heavy atom. The van der Waals surface area contributed by atoms with Crippen LogP contribution in [0.15, 0.2) is 6.20 Å². The minimum absolute atomic E-state index is 0.0321. The molecule has 1 rings (SSSR count). The maximum absolute atomic E-state index is 5.51. The molecule has 0 saturated heterocycles. The van der Waals surface area contributed by atoms with Crippen LogP contribution in [0.5, 0.6) is 0 Å². The molecule has 1 atom stereocenters. The number of hydrogen-bond donors (Lipinski definition) is 1. The molecule has 1 aromatic rings. The summed E-state index contributed by atoms with van der Waals surface area (Å²) in [6.45, 7) is 2.61. The highest BCUT2D eigenvalue weighted by Gasteiger charge is 2.11. The molecule has 0 aromatic carbocycles. The van der Waals surface area contributed by atoms with E-state index in [-0.39, 0.29) is 6.10 Å². The second-order valence-corrected chi connectivity index (χ2v) is 3.63. The summed E-state index contributed by atoms with van der Waals surface area (Å²) in [6.07, 6.45) is 2.88. The number of ether oxygens (including phenoxy) is 1. The van der Waals surface area contributed by atoms with E-state index in [2.05, 4.69) is 11.9 Å². The van der Waals surface area contributed by atoms with Crippen molar-refractivity contribution in [1.29, 1.82) is 0 Å². The standard InChI is InChI=1S/C8H14N2OS/c1-3-6-5-10-8(12-6)7(4-9)11-2/h5,7H,3-4,9H2,1-2H3. The van der Waals surface area contributed by atoms with Crippen molar-refractivity contribution in [3.63, 3.8) is 0 Å². The summed E-state index contributed by atoms with van der Waals surface area (Å²) in [5.74, 6) is 0. The van der Waals surface area contributed by atoms with E-state index in [0.29, 0.717) is 6.54 Å². The van der Waals surface area contributed by atoms with Gasteiger partial charge in [-0.05, 0) is 6.42 Å². The van der Waals surface area contributed by atoms with Gasteiger partial charge in [0.2, 0.25) is 0 Å². The number of nitrogens with two attached hydrogens (primary N) is 1. The fraction of sp³-hybridized carbons (Fsp3) is 0.625. The molecule has 0 spiro atoms. The van der Waals surface area contributed by atoms with Gasteiger partial charge in [-0.3, -0.25) is 0 Å². The molecule has 1 heterocycles. The Balaban J connectivity index is 2.72. The summed E-state index contributed by atoms with van der Waals surface area (Å²) in [5, 5.41) is 0.983. The van der Waals surface area contributed by atoms with Crippen LogP contribution in [0, 0.1) is 0 Å². The molecule has 0 aliphatic rings. The first kappa shape index (κ1) is 9.64. The first-order valence-corrected chi connectivity index (χ1v) is 4.81. The third-order valence-corrected chi connectivity index (χ3v) is 2.93. The first-order chi connectivity index (χ1) is 5.81. The Morgan fingerprint density at radius 3 is 2.92 bits per heavy atom. The molecule has 12 heavy (non-hydrogen) atoms. The Bertz CT molecular complexity index is 233. The lowest BCUT2D eigenvalue weighted by Crippen LogP contribution is -2.13. The fourth-order valence-corrected chi connectivity index (χ4v) is 1.88. The van der Waals surface area contributed by atoms with Crippen LogP contribution in [0.4, 0.5) is 0 Å². The van der Waals surface area contributed by atoms with Gasteiger partial charge in [0.25, 0.3) is 0 Å². The molecule has 0 aliphatic carbocycles. The van der Waals surface area contributed by atoms with E-state index < -0.39 is 0 Å². The minimum atomic E-state index is -0.0321. The lowest BCUT2D eigenvalue weighted by molar-refractivity contribution is 0.110. The topological polar surface area (TPSA) is 48.1 Å². The monoisotopic (exact) mass is 186 g/mol. The third-order valence-electron chi connectivity index (χ3n) is 1.69. The molecule has 68 valence electrons. The highest BCUT2D eigenvalue weighted by molar-refractivity contribution is 7.11. The number of hydrogen-bond acceptors (Lipinski definition) is 4. The number of rotatable bonds is 4. The van der Waals surface area contributed by atoms with Crippen LogP contribution >= 0.6 is 11.3 Å². The summed E-state index contributed by atoms with van der Waals surface area (Å²) in [5.41, 5.74) is 5.51. The molecule has 0 radical (unpaired) electrons. The number of methoxy groups -OCH3 is 1. The van der Waals surface area contributed by atoms with Crippen molar-refractivity contribution < 1.29 is 4.74 Å². The maximum atomic E-state index is 5.51. The van der Waals surface area contributed by atoms with E-state index in [9.17, 15) is 0 Å². The van der Waals surface area contributed by atoms with Gasteiger partial charge in [-0.25, -0.2) is 4.98 Å². The summed E-state index contributed by atoms with van der Waals surface area (Å²) in [6, 6.07) is 0. The average molecular weight is 186 g/mol. The van der Waals surface area contributed by atoms with Crippen LogP contribution in [-0.2, 0) is 11.2 Å². The zero-order chi connectivity index (χ0) is 8.97. The van der Waals surface area contributed by atoms with Crippen LogP contribution < -0.4 is 5.73 Å². The molecule has 2 N–H and O–H groups in total. The molecule has 1 aromatic heterocycles. The van der Waals surface area contributed by atoms with Crippen LogP contribution in [-0.4, -0.2) is 18.6 Å². The molecule has 0 amide bonds. The Kier molecular flexibility index (Phi) is 3.65. The van der Waals surface area contributed by atoms with Crippen LogP contribution in [0.25, 0.3) is 0 Å². The second-order valence-electron chi connectivity index (χ2n) is 2.48. The Morgan fingerprint density at radius 2 is 2.50 bits per heavy atom. The summed E-state index contributed by atoms with van der Waals surface area (Å²) < 4.78 is 5.17. The smallest absolute Gasteiger partial charge is 0.123 e. The van der Waals surface area contributed by atoms with E-state index in [1.165, 1.54) is 4.88 Å². The van der Waals surface area contributed by atoms with Gasteiger partial charge in [-0.1, -0.05) is 6.92 Å². The van der Waals surface area contributed by atoms with E-state index in [1.54, 1.807) is 18.4 Å². The molecular weight excluding hydrogens is 172 g/mol. The van der Waals surface area contributed by atoms with Crippen molar-refractivity contribution in [3.8, 4) is 0 Å². The van der Waals surface area contributed by atoms with E-state index >= 15 is 0 Å². The van der Waals surface area contributed by atoms with Gasteiger partial charge < -0.3 is 10.5 Å². The summed E-state index contributed by atoms with van der Waals surface area (Å²) in [4.78, 5) is 5.52. The SMILES string of the molecule is CCc1cnc(C(CN)OC)s1. The molecule has 1 unspecified atom stereocenters. The fourth-order valence-electron chi connectivity index (χ4n) is 0.933. The zero-order valence-electron chi connectivity index (χ0n) is 7.41. The molecule has 0 aliphatic heterocycles. The van der Waals surface area contributed by atoms with Gasteiger partial charge in [0.1, 0.15) is 11.1 Å². The largest absolute Gasteiger partial charge is 0.373 e. The molecule has 0 saturated carbocycles. The van der Waals surface area contributed by atoms with Crippen LogP contribution in [0.2, 0.25) is 0 Å². The molecular formula is C8H14N2OS. The molecule has 4 heteroatoms. The third kappa shape index (κ3) is 2.03. The maximum Gasteiger partial charge on any atom is 0.123 e. The van der Waals surface area contributed by atoms with Gasteiger partial charge in [-0.15, -0.1) is 11.3 Å². The van der Waals surface area contributed by atoms with Crippen molar-refractivity contribution in [2.45, 2.75) is 19.4 Å². The Labute approximate surface area is 76.6 Å².